The first-order valence-electron chi connectivity index (χ1n) is 6.93. The maximum Gasteiger partial charge on any atom is 0.241 e. The predicted octanol–water partition coefficient (Wildman–Crippen LogP) is 1.42. The van der Waals surface area contributed by atoms with Crippen LogP contribution < -0.4 is 4.72 Å². The van der Waals surface area contributed by atoms with E-state index in [1.165, 1.54) is 18.9 Å². The summed E-state index contributed by atoms with van der Waals surface area (Å²) in [6.07, 6.45) is 4.81. The van der Waals surface area contributed by atoms with E-state index in [4.69, 9.17) is 4.74 Å². The average molecular weight is 299 g/mol. The van der Waals surface area contributed by atoms with Crippen molar-refractivity contribution in [2.45, 2.75) is 43.3 Å². The van der Waals surface area contributed by atoms with Gasteiger partial charge in [0.25, 0.3) is 0 Å². The third-order valence-corrected chi connectivity index (χ3v) is 5.04. The summed E-state index contributed by atoms with van der Waals surface area (Å²) in [4.78, 5) is 0.128. The standard InChI is InChI=1S/C14H21NO4S/c16-11-12-5-1-4-8-14(12)20(17,18)15-9-10-19-13-6-2-3-7-13/h1,4-5,8,13,15-16H,2-3,6-7,9-11H2. The molecule has 0 aromatic heterocycles. The Labute approximate surface area is 120 Å². The van der Waals surface area contributed by atoms with E-state index in [0.717, 1.165) is 12.8 Å². The van der Waals surface area contributed by atoms with Crippen LogP contribution in [0.4, 0.5) is 0 Å². The molecule has 2 N–H and O–H groups in total. The van der Waals surface area contributed by atoms with Crippen LogP contribution in [-0.4, -0.2) is 32.8 Å². The molecule has 0 unspecified atom stereocenters. The molecule has 1 fully saturated rings. The fourth-order valence-corrected chi connectivity index (χ4v) is 3.67. The van der Waals surface area contributed by atoms with E-state index in [0.29, 0.717) is 12.2 Å². The molecule has 0 atom stereocenters. The zero-order valence-electron chi connectivity index (χ0n) is 11.4. The highest BCUT2D eigenvalue weighted by Gasteiger charge is 2.18. The van der Waals surface area contributed by atoms with Gasteiger partial charge < -0.3 is 9.84 Å². The Morgan fingerprint density at radius 2 is 1.95 bits per heavy atom. The first kappa shape index (κ1) is 15.4. The van der Waals surface area contributed by atoms with Crippen LogP contribution in [0, 0.1) is 0 Å². The molecular formula is C14H21NO4S. The maximum atomic E-state index is 12.1. The third kappa shape index (κ3) is 4.02. The Bertz CT molecular complexity index is 524. The minimum Gasteiger partial charge on any atom is -0.392 e. The van der Waals surface area contributed by atoms with E-state index >= 15 is 0 Å². The van der Waals surface area contributed by atoms with Crippen molar-refractivity contribution in [1.29, 1.82) is 0 Å². The van der Waals surface area contributed by atoms with Crippen molar-refractivity contribution in [2.75, 3.05) is 13.2 Å². The molecule has 1 saturated carbocycles. The third-order valence-electron chi connectivity index (χ3n) is 3.48. The largest absolute Gasteiger partial charge is 0.392 e. The highest BCUT2D eigenvalue weighted by Crippen LogP contribution is 2.20. The molecule has 20 heavy (non-hydrogen) atoms. The number of aliphatic hydroxyl groups excluding tert-OH is 1. The van der Waals surface area contributed by atoms with Crippen LogP contribution in [0.25, 0.3) is 0 Å². The summed E-state index contributed by atoms with van der Waals surface area (Å²) in [5.74, 6) is 0. The summed E-state index contributed by atoms with van der Waals surface area (Å²) in [5.41, 5.74) is 0.400. The number of benzene rings is 1. The van der Waals surface area contributed by atoms with E-state index in [2.05, 4.69) is 4.72 Å². The molecule has 0 radical (unpaired) electrons. The average Bonchev–Trinajstić information content (AvgIpc) is 2.97. The Kier molecular flexibility index (Phi) is 5.54. The molecule has 5 nitrogen and oxygen atoms in total. The lowest BCUT2D eigenvalue weighted by atomic mass is 10.2. The highest BCUT2D eigenvalue weighted by atomic mass is 32.2. The van der Waals surface area contributed by atoms with E-state index in [9.17, 15) is 13.5 Å². The van der Waals surface area contributed by atoms with Crippen molar-refractivity contribution >= 4 is 10.0 Å². The molecule has 0 heterocycles. The van der Waals surface area contributed by atoms with Gasteiger partial charge in [0.1, 0.15) is 0 Å². The first-order chi connectivity index (χ1) is 9.63. The van der Waals surface area contributed by atoms with Crippen LogP contribution >= 0.6 is 0 Å². The van der Waals surface area contributed by atoms with Crippen LogP contribution in [0.5, 0.6) is 0 Å². The van der Waals surface area contributed by atoms with Crippen molar-refractivity contribution in [2.24, 2.45) is 0 Å². The lowest BCUT2D eigenvalue weighted by molar-refractivity contribution is 0.0626. The molecule has 6 heteroatoms. The van der Waals surface area contributed by atoms with Gasteiger partial charge in [-0.1, -0.05) is 31.0 Å². The second-order valence-corrected chi connectivity index (χ2v) is 6.68. The molecule has 2 rings (SSSR count). The second kappa shape index (κ2) is 7.17. The Balaban J connectivity index is 1.87. The maximum absolute atomic E-state index is 12.1. The number of nitrogens with one attached hydrogen (secondary N) is 1. The minimum atomic E-state index is -3.59. The van der Waals surface area contributed by atoms with Gasteiger partial charge in [-0.2, -0.15) is 0 Å². The summed E-state index contributed by atoms with van der Waals surface area (Å²) >= 11 is 0. The summed E-state index contributed by atoms with van der Waals surface area (Å²) in [6, 6.07) is 6.44. The summed E-state index contributed by atoms with van der Waals surface area (Å²) in [6.45, 7) is 0.333. The van der Waals surface area contributed by atoms with Gasteiger partial charge in [-0.3, -0.25) is 0 Å². The van der Waals surface area contributed by atoms with Gasteiger partial charge in [-0.05, 0) is 24.5 Å². The van der Waals surface area contributed by atoms with Crippen molar-refractivity contribution in [3.8, 4) is 0 Å². The lowest BCUT2D eigenvalue weighted by Gasteiger charge is -2.13. The first-order valence-corrected chi connectivity index (χ1v) is 8.42. The topological polar surface area (TPSA) is 75.6 Å². The van der Waals surface area contributed by atoms with E-state index in [-0.39, 0.29) is 24.2 Å². The lowest BCUT2D eigenvalue weighted by Crippen LogP contribution is -2.29. The second-order valence-electron chi connectivity index (χ2n) is 4.94. The number of sulfonamides is 1. The minimum absolute atomic E-state index is 0.128. The van der Waals surface area contributed by atoms with Gasteiger partial charge in [-0.25, -0.2) is 13.1 Å². The molecule has 1 aliphatic carbocycles. The Morgan fingerprint density at radius 1 is 1.25 bits per heavy atom. The van der Waals surface area contributed by atoms with Crippen molar-refractivity contribution in [1.82, 2.24) is 4.72 Å². The van der Waals surface area contributed by atoms with Crippen molar-refractivity contribution in [3.05, 3.63) is 29.8 Å². The van der Waals surface area contributed by atoms with Crippen LogP contribution in [0.3, 0.4) is 0 Å². The number of ether oxygens (including phenoxy) is 1. The Morgan fingerprint density at radius 3 is 2.65 bits per heavy atom. The van der Waals surface area contributed by atoms with E-state index < -0.39 is 10.0 Å². The smallest absolute Gasteiger partial charge is 0.241 e. The van der Waals surface area contributed by atoms with Gasteiger partial charge in [0, 0.05) is 6.54 Å². The molecule has 1 aromatic rings. The molecule has 1 aromatic carbocycles. The molecule has 1 aliphatic rings. The van der Waals surface area contributed by atoms with Gasteiger partial charge in [0.2, 0.25) is 10.0 Å². The Hall–Kier alpha value is -0.950. The summed E-state index contributed by atoms with van der Waals surface area (Å²) < 4.78 is 32.4. The monoisotopic (exact) mass is 299 g/mol. The number of hydrogen-bond donors (Lipinski definition) is 2. The molecule has 0 amide bonds. The molecule has 112 valence electrons. The quantitative estimate of drug-likeness (QED) is 0.747. The predicted molar refractivity (Wildman–Crippen MR) is 75.8 cm³/mol. The van der Waals surface area contributed by atoms with Crippen molar-refractivity contribution < 1.29 is 18.3 Å². The van der Waals surface area contributed by atoms with E-state index in [1.54, 1.807) is 18.2 Å². The number of aliphatic hydroxyl groups is 1. The molecule has 0 bridgehead atoms. The van der Waals surface area contributed by atoms with Gasteiger partial charge in [-0.15, -0.1) is 0 Å². The normalized spacial score (nSPS) is 16.6. The van der Waals surface area contributed by atoms with Crippen molar-refractivity contribution in [3.63, 3.8) is 0 Å². The van der Waals surface area contributed by atoms with Gasteiger partial charge >= 0.3 is 0 Å². The fraction of sp³-hybridized carbons (Fsp3) is 0.571. The molecular weight excluding hydrogens is 278 g/mol. The van der Waals surface area contributed by atoms with Crippen LogP contribution in [0.15, 0.2) is 29.2 Å². The molecule has 0 spiro atoms. The SMILES string of the molecule is O=S(=O)(NCCOC1CCCC1)c1ccccc1CO. The number of hydrogen-bond acceptors (Lipinski definition) is 4. The van der Waals surface area contributed by atoms with Gasteiger partial charge in [0.05, 0.1) is 24.2 Å². The van der Waals surface area contributed by atoms with E-state index in [1.807, 2.05) is 0 Å². The zero-order valence-corrected chi connectivity index (χ0v) is 12.2. The highest BCUT2D eigenvalue weighted by molar-refractivity contribution is 7.89. The van der Waals surface area contributed by atoms with Crippen LogP contribution in [0.2, 0.25) is 0 Å². The molecule has 0 saturated heterocycles. The molecule has 0 aliphatic heterocycles. The number of rotatable bonds is 7. The summed E-state index contributed by atoms with van der Waals surface area (Å²) in [7, 11) is -3.59. The van der Waals surface area contributed by atoms with Crippen LogP contribution in [-0.2, 0) is 21.4 Å². The fourth-order valence-electron chi connectivity index (χ4n) is 2.43. The van der Waals surface area contributed by atoms with Gasteiger partial charge in [0.15, 0.2) is 0 Å². The zero-order chi connectivity index (χ0) is 14.4. The van der Waals surface area contributed by atoms with Crippen LogP contribution in [0.1, 0.15) is 31.2 Å². The summed E-state index contributed by atoms with van der Waals surface area (Å²) in [5, 5.41) is 9.18.